The van der Waals surface area contributed by atoms with Gasteiger partial charge in [0.25, 0.3) is 0 Å². The van der Waals surface area contributed by atoms with E-state index in [-0.39, 0.29) is 0 Å². The second-order valence-corrected chi connectivity index (χ2v) is 11.2. The Bertz CT molecular complexity index is 265. The SMILES string of the molecule is COP(OC)C1CCC(C)CC1.COP(OC)C1CCC(C)CC1. The van der Waals surface area contributed by atoms with E-state index >= 15 is 0 Å². The summed E-state index contributed by atoms with van der Waals surface area (Å²) in [6.07, 6.45) is 10.5. The molecule has 0 unspecified atom stereocenters. The molecule has 6 heteroatoms. The summed E-state index contributed by atoms with van der Waals surface area (Å²) in [5, 5.41) is 0. The van der Waals surface area contributed by atoms with Crippen LogP contribution in [-0.4, -0.2) is 39.8 Å². The zero-order valence-electron chi connectivity index (χ0n) is 16.5. The monoisotopic (exact) mass is 380 g/mol. The van der Waals surface area contributed by atoms with Crippen molar-refractivity contribution in [2.24, 2.45) is 11.8 Å². The molecule has 0 saturated heterocycles. The lowest BCUT2D eigenvalue weighted by atomic mass is 9.91. The minimum absolute atomic E-state index is 0.593. The Morgan fingerprint density at radius 1 is 0.500 bits per heavy atom. The van der Waals surface area contributed by atoms with Crippen molar-refractivity contribution in [2.75, 3.05) is 28.4 Å². The Hall–Kier alpha value is 0.700. The average Bonchev–Trinajstić information content (AvgIpc) is 2.61. The Morgan fingerprint density at radius 2 is 0.750 bits per heavy atom. The van der Waals surface area contributed by atoms with Crippen LogP contribution in [0.4, 0.5) is 0 Å². The van der Waals surface area contributed by atoms with Crippen molar-refractivity contribution >= 4 is 16.8 Å². The lowest BCUT2D eigenvalue weighted by molar-refractivity contribution is 0.302. The van der Waals surface area contributed by atoms with Gasteiger partial charge in [0.05, 0.1) is 0 Å². The minimum atomic E-state index is -0.593. The highest BCUT2D eigenvalue weighted by molar-refractivity contribution is 7.48. The van der Waals surface area contributed by atoms with E-state index < -0.39 is 16.8 Å². The predicted octanol–water partition coefficient (Wildman–Crippen LogP) is 6.34. The highest BCUT2D eigenvalue weighted by Crippen LogP contribution is 2.49. The molecule has 2 aliphatic carbocycles. The molecule has 0 N–H and O–H groups in total. The molecule has 0 aromatic heterocycles. The van der Waals surface area contributed by atoms with Crippen molar-refractivity contribution in [2.45, 2.75) is 76.5 Å². The third-order valence-corrected chi connectivity index (χ3v) is 8.95. The van der Waals surface area contributed by atoms with E-state index in [0.29, 0.717) is 11.3 Å². The first-order chi connectivity index (χ1) is 11.5. The quantitative estimate of drug-likeness (QED) is 0.504. The molecule has 2 fully saturated rings. The lowest BCUT2D eigenvalue weighted by Crippen LogP contribution is -2.16. The van der Waals surface area contributed by atoms with E-state index in [2.05, 4.69) is 13.8 Å². The fourth-order valence-electron chi connectivity index (χ4n) is 3.65. The van der Waals surface area contributed by atoms with E-state index in [9.17, 15) is 0 Å². The topological polar surface area (TPSA) is 36.9 Å². The molecule has 0 spiro atoms. The van der Waals surface area contributed by atoms with Crippen molar-refractivity contribution < 1.29 is 18.1 Å². The first-order valence-corrected chi connectivity index (χ1v) is 11.8. The van der Waals surface area contributed by atoms with Crippen LogP contribution in [0.3, 0.4) is 0 Å². The normalized spacial score (nSPS) is 31.0. The Balaban J connectivity index is 0.000000240. The third kappa shape index (κ3) is 7.94. The minimum Gasteiger partial charge on any atom is -0.337 e. The highest BCUT2D eigenvalue weighted by atomic mass is 31.2. The molecule has 2 rings (SSSR count). The van der Waals surface area contributed by atoms with Gasteiger partial charge in [-0.25, -0.2) is 0 Å². The predicted molar refractivity (Wildman–Crippen MR) is 105 cm³/mol. The average molecular weight is 380 g/mol. The summed E-state index contributed by atoms with van der Waals surface area (Å²) in [5.41, 5.74) is 1.37. The van der Waals surface area contributed by atoms with Gasteiger partial charge in [0.15, 0.2) is 16.8 Å². The number of rotatable bonds is 6. The maximum atomic E-state index is 5.32. The van der Waals surface area contributed by atoms with Gasteiger partial charge < -0.3 is 18.1 Å². The molecule has 0 aliphatic heterocycles. The van der Waals surface area contributed by atoms with E-state index in [0.717, 1.165) is 11.8 Å². The van der Waals surface area contributed by atoms with Crippen LogP contribution >= 0.6 is 16.8 Å². The van der Waals surface area contributed by atoms with Crippen LogP contribution in [0.15, 0.2) is 0 Å². The Kier molecular flexibility index (Phi) is 12.3. The summed E-state index contributed by atoms with van der Waals surface area (Å²) in [6, 6.07) is 0. The molecule has 0 radical (unpaired) electrons. The van der Waals surface area contributed by atoms with Crippen molar-refractivity contribution in [3.05, 3.63) is 0 Å². The molecule has 0 aromatic rings. The van der Waals surface area contributed by atoms with Crippen LogP contribution in [0.25, 0.3) is 0 Å². The van der Waals surface area contributed by atoms with Crippen LogP contribution in [0, 0.1) is 11.8 Å². The number of hydrogen-bond acceptors (Lipinski definition) is 4. The van der Waals surface area contributed by atoms with Gasteiger partial charge >= 0.3 is 0 Å². The van der Waals surface area contributed by atoms with Crippen LogP contribution < -0.4 is 0 Å². The van der Waals surface area contributed by atoms with Crippen LogP contribution in [0.1, 0.15) is 65.2 Å². The van der Waals surface area contributed by atoms with Crippen molar-refractivity contribution in [1.82, 2.24) is 0 Å². The van der Waals surface area contributed by atoms with Gasteiger partial charge in [-0.2, -0.15) is 0 Å². The van der Waals surface area contributed by atoms with E-state index in [1.807, 2.05) is 0 Å². The van der Waals surface area contributed by atoms with Gasteiger partial charge in [-0.15, -0.1) is 0 Å². The molecule has 2 aliphatic rings. The van der Waals surface area contributed by atoms with Crippen molar-refractivity contribution in [1.29, 1.82) is 0 Å². The summed E-state index contributed by atoms with van der Waals surface area (Å²) in [7, 11) is 5.84. The van der Waals surface area contributed by atoms with Crippen LogP contribution in [-0.2, 0) is 18.1 Å². The van der Waals surface area contributed by atoms with E-state index in [1.165, 1.54) is 51.4 Å². The molecule has 0 aromatic carbocycles. The molecular weight excluding hydrogens is 342 g/mol. The molecule has 0 heterocycles. The molecule has 0 amide bonds. The Morgan fingerprint density at radius 3 is 0.958 bits per heavy atom. The molecule has 144 valence electrons. The zero-order chi connectivity index (χ0) is 17.9. The molecule has 4 nitrogen and oxygen atoms in total. The highest BCUT2D eigenvalue weighted by Gasteiger charge is 2.27. The summed E-state index contributed by atoms with van der Waals surface area (Å²) in [4.78, 5) is 0. The smallest absolute Gasteiger partial charge is 0.173 e. The second kappa shape index (κ2) is 13.0. The van der Waals surface area contributed by atoms with Gasteiger partial charge in [0, 0.05) is 39.8 Å². The Labute approximate surface area is 152 Å². The molecule has 0 atom stereocenters. The van der Waals surface area contributed by atoms with Gasteiger partial charge in [-0.05, 0) is 63.2 Å². The maximum Gasteiger partial charge on any atom is 0.173 e. The standard InChI is InChI=1S/2C9H19O2P/c2*1-8-4-6-9(7-5-8)12(10-2)11-3/h2*8-9H,4-7H2,1-3H3. The lowest BCUT2D eigenvalue weighted by Gasteiger charge is -2.29. The van der Waals surface area contributed by atoms with Crippen LogP contribution in [0.5, 0.6) is 0 Å². The third-order valence-electron chi connectivity index (χ3n) is 5.29. The molecular formula is C18H38O4P2. The first kappa shape index (κ1) is 22.7. The van der Waals surface area contributed by atoms with Gasteiger partial charge in [-0.3, -0.25) is 0 Å². The summed E-state index contributed by atoms with van der Waals surface area (Å²) < 4.78 is 21.3. The fraction of sp³-hybridized carbons (Fsp3) is 1.00. The van der Waals surface area contributed by atoms with Gasteiger partial charge in [0.2, 0.25) is 0 Å². The largest absolute Gasteiger partial charge is 0.337 e. The fourth-order valence-corrected chi connectivity index (χ4v) is 6.58. The van der Waals surface area contributed by atoms with E-state index in [1.54, 1.807) is 28.4 Å². The van der Waals surface area contributed by atoms with Crippen molar-refractivity contribution in [3.63, 3.8) is 0 Å². The first-order valence-electron chi connectivity index (χ1n) is 9.30. The summed E-state index contributed by atoms with van der Waals surface area (Å²) in [6.45, 7) is 4.66. The van der Waals surface area contributed by atoms with Crippen LogP contribution in [0.2, 0.25) is 0 Å². The molecule has 0 bridgehead atoms. The number of hydrogen-bond donors (Lipinski definition) is 0. The van der Waals surface area contributed by atoms with Crippen molar-refractivity contribution in [3.8, 4) is 0 Å². The van der Waals surface area contributed by atoms with Gasteiger partial charge in [-0.1, -0.05) is 13.8 Å². The van der Waals surface area contributed by atoms with E-state index in [4.69, 9.17) is 18.1 Å². The van der Waals surface area contributed by atoms with Gasteiger partial charge in [0.1, 0.15) is 0 Å². The summed E-state index contributed by atoms with van der Waals surface area (Å²) >= 11 is 0. The molecule has 2 saturated carbocycles. The maximum absolute atomic E-state index is 5.32. The molecule has 24 heavy (non-hydrogen) atoms. The second-order valence-electron chi connectivity index (χ2n) is 7.13. The summed E-state index contributed by atoms with van der Waals surface area (Å²) in [5.74, 6) is 1.82. The zero-order valence-corrected chi connectivity index (χ0v) is 18.3.